The van der Waals surface area contributed by atoms with Gasteiger partial charge in [0, 0.05) is 23.8 Å². The van der Waals surface area contributed by atoms with Crippen LogP contribution >= 0.6 is 0 Å². The van der Waals surface area contributed by atoms with Crippen LogP contribution in [0.5, 0.6) is 11.5 Å². The predicted octanol–water partition coefficient (Wildman–Crippen LogP) is 3.95. The monoisotopic (exact) mass is 268 g/mol. The molecule has 2 rings (SSSR count). The molecular formula is C14H11F3O2. The minimum atomic E-state index is -0.968. The first kappa shape index (κ1) is 13.4. The molecular weight excluding hydrogens is 257 g/mol. The van der Waals surface area contributed by atoms with E-state index in [0.29, 0.717) is 6.07 Å². The fraction of sp³-hybridized carbons (Fsp3) is 0.143. The summed E-state index contributed by atoms with van der Waals surface area (Å²) in [6.07, 6.45) is -0.968. The number of aliphatic hydroxyl groups is 1. The molecule has 0 aliphatic rings. The second-order valence-corrected chi connectivity index (χ2v) is 4.04. The number of rotatable bonds is 3. The second kappa shape index (κ2) is 5.32. The van der Waals surface area contributed by atoms with Crippen LogP contribution in [0, 0.1) is 17.5 Å². The van der Waals surface area contributed by atoms with E-state index in [4.69, 9.17) is 4.74 Å². The number of hydrogen-bond acceptors (Lipinski definition) is 2. The van der Waals surface area contributed by atoms with Gasteiger partial charge in [0.1, 0.15) is 17.4 Å². The van der Waals surface area contributed by atoms with E-state index in [1.54, 1.807) is 0 Å². The van der Waals surface area contributed by atoms with Crippen molar-refractivity contribution in [1.82, 2.24) is 0 Å². The Hall–Kier alpha value is -2.01. The average Bonchev–Trinajstić information content (AvgIpc) is 2.30. The maximum Gasteiger partial charge on any atom is 0.168 e. The van der Waals surface area contributed by atoms with Gasteiger partial charge in [0.15, 0.2) is 11.6 Å². The van der Waals surface area contributed by atoms with Crippen molar-refractivity contribution in [1.29, 1.82) is 0 Å². The van der Waals surface area contributed by atoms with Crippen LogP contribution in [0.15, 0.2) is 36.4 Å². The smallest absolute Gasteiger partial charge is 0.168 e. The van der Waals surface area contributed by atoms with Gasteiger partial charge in [-0.05, 0) is 13.0 Å². The van der Waals surface area contributed by atoms with Crippen molar-refractivity contribution in [3.8, 4) is 11.5 Å². The maximum atomic E-state index is 13.7. The van der Waals surface area contributed by atoms with Gasteiger partial charge in [-0.15, -0.1) is 0 Å². The highest BCUT2D eigenvalue weighted by Gasteiger charge is 2.15. The van der Waals surface area contributed by atoms with Crippen molar-refractivity contribution in [2.75, 3.05) is 0 Å². The summed E-state index contributed by atoms with van der Waals surface area (Å²) in [6.45, 7) is 1.44. The molecule has 0 aromatic heterocycles. The number of hydrogen-bond donors (Lipinski definition) is 1. The normalized spacial score (nSPS) is 12.3. The molecule has 0 radical (unpaired) electrons. The fourth-order valence-electron chi connectivity index (χ4n) is 1.67. The SMILES string of the molecule is C[C@@H](O)c1cccc(F)c1Oc1cc(F)cc(F)c1. The van der Waals surface area contributed by atoms with Gasteiger partial charge in [-0.2, -0.15) is 0 Å². The maximum absolute atomic E-state index is 13.7. The fourth-order valence-corrected chi connectivity index (χ4v) is 1.67. The standard InChI is InChI=1S/C14H11F3O2/c1-8(18)12-3-2-4-13(17)14(12)19-11-6-9(15)5-10(16)7-11/h2-8,18H,1H3/t8-/m1/s1. The molecule has 0 saturated carbocycles. The Bertz CT molecular complexity index is 577. The van der Waals surface area contributed by atoms with Gasteiger partial charge in [0.25, 0.3) is 0 Å². The summed E-state index contributed by atoms with van der Waals surface area (Å²) in [4.78, 5) is 0. The van der Waals surface area contributed by atoms with Crippen LogP contribution in [0.4, 0.5) is 13.2 Å². The third-order valence-corrected chi connectivity index (χ3v) is 2.50. The summed E-state index contributed by atoms with van der Waals surface area (Å²) in [5.74, 6) is -2.80. The minimum Gasteiger partial charge on any atom is -0.454 e. The second-order valence-electron chi connectivity index (χ2n) is 4.04. The Balaban J connectivity index is 2.42. The molecule has 0 bridgehead atoms. The zero-order valence-electron chi connectivity index (χ0n) is 10.0. The number of para-hydroxylation sites is 1. The Morgan fingerprint density at radius 2 is 1.68 bits per heavy atom. The lowest BCUT2D eigenvalue weighted by Gasteiger charge is -2.14. The molecule has 19 heavy (non-hydrogen) atoms. The van der Waals surface area contributed by atoms with Gasteiger partial charge in [-0.1, -0.05) is 12.1 Å². The first-order valence-corrected chi connectivity index (χ1v) is 5.58. The number of benzene rings is 2. The summed E-state index contributed by atoms with van der Waals surface area (Å²) in [5.41, 5.74) is 0.199. The van der Waals surface area contributed by atoms with Crippen molar-refractivity contribution in [2.24, 2.45) is 0 Å². The van der Waals surface area contributed by atoms with Crippen molar-refractivity contribution in [2.45, 2.75) is 13.0 Å². The summed E-state index contributed by atoms with van der Waals surface area (Å²) in [5, 5.41) is 9.52. The molecule has 100 valence electrons. The highest BCUT2D eigenvalue weighted by atomic mass is 19.1. The van der Waals surface area contributed by atoms with E-state index in [1.807, 2.05) is 0 Å². The zero-order valence-corrected chi connectivity index (χ0v) is 10.0. The van der Waals surface area contributed by atoms with Crippen LogP contribution in [0.3, 0.4) is 0 Å². The molecule has 0 saturated heterocycles. The predicted molar refractivity (Wildman–Crippen MR) is 63.5 cm³/mol. The average molecular weight is 268 g/mol. The van der Waals surface area contributed by atoms with Crippen LogP contribution in [-0.4, -0.2) is 5.11 Å². The van der Waals surface area contributed by atoms with Crippen LogP contribution in [0.2, 0.25) is 0 Å². The lowest BCUT2D eigenvalue weighted by atomic mass is 10.1. The van der Waals surface area contributed by atoms with Gasteiger partial charge in [-0.25, -0.2) is 13.2 Å². The van der Waals surface area contributed by atoms with E-state index in [0.717, 1.165) is 18.2 Å². The molecule has 0 aliphatic carbocycles. The summed E-state index contributed by atoms with van der Waals surface area (Å²) >= 11 is 0. The van der Waals surface area contributed by atoms with E-state index < -0.39 is 23.6 Å². The third-order valence-electron chi connectivity index (χ3n) is 2.50. The first-order valence-electron chi connectivity index (χ1n) is 5.58. The van der Waals surface area contributed by atoms with Crippen LogP contribution in [0.25, 0.3) is 0 Å². The zero-order chi connectivity index (χ0) is 14.0. The van der Waals surface area contributed by atoms with Gasteiger partial charge in [-0.3, -0.25) is 0 Å². The molecule has 5 heteroatoms. The van der Waals surface area contributed by atoms with E-state index in [-0.39, 0.29) is 17.1 Å². The quantitative estimate of drug-likeness (QED) is 0.913. The lowest BCUT2D eigenvalue weighted by Crippen LogP contribution is -1.99. The highest BCUT2D eigenvalue weighted by Crippen LogP contribution is 2.32. The molecule has 0 amide bonds. The Labute approximate surface area is 108 Å². The topological polar surface area (TPSA) is 29.5 Å². The molecule has 0 heterocycles. The Kier molecular flexibility index (Phi) is 3.76. The first-order chi connectivity index (χ1) is 8.97. The summed E-state index contributed by atoms with van der Waals surface area (Å²) in [6, 6.07) is 6.57. The van der Waals surface area contributed by atoms with Gasteiger partial charge < -0.3 is 9.84 Å². The van der Waals surface area contributed by atoms with E-state index in [9.17, 15) is 18.3 Å². The molecule has 1 atom stereocenters. The molecule has 0 aliphatic heterocycles. The Morgan fingerprint density at radius 1 is 1.05 bits per heavy atom. The largest absolute Gasteiger partial charge is 0.454 e. The van der Waals surface area contributed by atoms with Crippen molar-refractivity contribution >= 4 is 0 Å². The molecule has 0 fully saturated rings. The molecule has 2 nitrogen and oxygen atoms in total. The van der Waals surface area contributed by atoms with Crippen LogP contribution in [-0.2, 0) is 0 Å². The molecule has 2 aromatic carbocycles. The van der Waals surface area contributed by atoms with E-state index in [1.165, 1.54) is 19.1 Å². The Morgan fingerprint density at radius 3 is 2.26 bits per heavy atom. The van der Waals surface area contributed by atoms with E-state index >= 15 is 0 Å². The van der Waals surface area contributed by atoms with Crippen LogP contribution in [0.1, 0.15) is 18.6 Å². The van der Waals surface area contributed by atoms with Crippen LogP contribution < -0.4 is 4.74 Å². The molecule has 2 aromatic rings. The number of halogens is 3. The summed E-state index contributed by atoms with van der Waals surface area (Å²) in [7, 11) is 0. The van der Waals surface area contributed by atoms with Crippen molar-refractivity contribution in [3.05, 3.63) is 59.4 Å². The number of ether oxygens (including phenoxy) is 1. The van der Waals surface area contributed by atoms with Gasteiger partial charge in [0.05, 0.1) is 6.10 Å². The highest BCUT2D eigenvalue weighted by molar-refractivity contribution is 5.40. The van der Waals surface area contributed by atoms with Crippen molar-refractivity contribution < 1.29 is 23.0 Å². The molecule has 1 N–H and O–H groups in total. The van der Waals surface area contributed by atoms with Gasteiger partial charge >= 0.3 is 0 Å². The molecule has 0 spiro atoms. The third kappa shape index (κ3) is 3.06. The number of aliphatic hydroxyl groups excluding tert-OH is 1. The van der Waals surface area contributed by atoms with Crippen molar-refractivity contribution in [3.63, 3.8) is 0 Å². The summed E-state index contributed by atoms with van der Waals surface area (Å²) < 4.78 is 44.9. The molecule has 0 unspecified atom stereocenters. The lowest BCUT2D eigenvalue weighted by molar-refractivity contribution is 0.194. The van der Waals surface area contributed by atoms with E-state index in [2.05, 4.69) is 0 Å². The minimum absolute atomic E-state index is 0.176. The van der Waals surface area contributed by atoms with Gasteiger partial charge in [0.2, 0.25) is 0 Å².